The van der Waals surface area contributed by atoms with Crippen LogP contribution in [0.1, 0.15) is 32.1 Å². The van der Waals surface area contributed by atoms with Gasteiger partial charge in [-0.25, -0.2) is 0 Å². The van der Waals surface area contributed by atoms with Crippen molar-refractivity contribution in [3.8, 4) is 11.8 Å². The minimum Gasteiger partial charge on any atom is -0.318 e. The van der Waals surface area contributed by atoms with E-state index in [9.17, 15) is 0 Å². The topological polar surface area (TPSA) is 26.0 Å². The molecule has 2 N–H and O–H groups in total. The summed E-state index contributed by atoms with van der Waals surface area (Å²) in [5.41, 5.74) is 5.63. The monoisotopic (exact) mass is 123 g/mol. The summed E-state index contributed by atoms with van der Waals surface area (Å²) < 4.78 is 0. The summed E-state index contributed by atoms with van der Waals surface area (Å²) in [6, 6.07) is 0.158. The SMILES string of the molecule is NC1C#CCCCCC1. The molecule has 0 radical (unpaired) electrons. The Morgan fingerprint density at radius 1 is 1.22 bits per heavy atom. The molecule has 0 aromatic carbocycles. The van der Waals surface area contributed by atoms with E-state index in [1.54, 1.807) is 0 Å². The molecule has 0 aromatic rings. The van der Waals surface area contributed by atoms with Gasteiger partial charge in [-0.1, -0.05) is 18.8 Å². The zero-order valence-electron chi connectivity index (χ0n) is 5.69. The Labute approximate surface area is 56.6 Å². The smallest absolute Gasteiger partial charge is 0.0664 e. The Kier molecular flexibility index (Phi) is 2.60. The van der Waals surface area contributed by atoms with Gasteiger partial charge in [-0.2, -0.15) is 0 Å². The number of hydrogen-bond acceptors (Lipinski definition) is 1. The van der Waals surface area contributed by atoms with Crippen LogP contribution in [0.5, 0.6) is 0 Å². The van der Waals surface area contributed by atoms with Crippen molar-refractivity contribution in [1.82, 2.24) is 0 Å². The summed E-state index contributed by atoms with van der Waals surface area (Å²) in [6.45, 7) is 0. The minimum absolute atomic E-state index is 0.158. The lowest BCUT2D eigenvalue weighted by atomic mass is 10.1. The Balaban J connectivity index is 2.37. The highest BCUT2D eigenvalue weighted by atomic mass is 14.6. The van der Waals surface area contributed by atoms with Gasteiger partial charge in [0.2, 0.25) is 0 Å². The van der Waals surface area contributed by atoms with E-state index in [1.165, 1.54) is 19.3 Å². The minimum atomic E-state index is 0.158. The summed E-state index contributed by atoms with van der Waals surface area (Å²) in [6.07, 6.45) is 5.97. The average molecular weight is 123 g/mol. The van der Waals surface area contributed by atoms with Crippen molar-refractivity contribution in [3.63, 3.8) is 0 Å². The summed E-state index contributed by atoms with van der Waals surface area (Å²) >= 11 is 0. The number of hydrogen-bond donors (Lipinski definition) is 1. The molecule has 1 aliphatic rings. The van der Waals surface area contributed by atoms with Crippen molar-refractivity contribution in [2.45, 2.75) is 38.1 Å². The van der Waals surface area contributed by atoms with Gasteiger partial charge < -0.3 is 5.73 Å². The number of nitrogens with two attached hydrogens (primary N) is 1. The van der Waals surface area contributed by atoms with Gasteiger partial charge in [0.15, 0.2) is 0 Å². The summed E-state index contributed by atoms with van der Waals surface area (Å²) in [5.74, 6) is 6.07. The fourth-order valence-corrected chi connectivity index (χ4v) is 1.03. The van der Waals surface area contributed by atoms with E-state index in [4.69, 9.17) is 5.73 Å². The largest absolute Gasteiger partial charge is 0.318 e. The van der Waals surface area contributed by atoms with Crippen LogP contribution >= 0.6 is 0 Å². The van der Waals surface area contributed by atoms with Gasteiger partial charge in [-0.3, -0.25) is 0 Å². The molecular weight excluding hydrogens is 110 g/mol. The molecule has 0 saturated carbocycles. The standard InChI is InChI=1S/C8H13N/c9-8-6-4-2-1-3-5-7-8/h8H,1-4,6,9H2. The van der Waals surface area contributed by atoms with E-state index in [0.29, 0.717) is 0 Å². The molecule has 1 heteroatoms. The quantitative estimate of drug-likeness (QED) is 0.482. The average Bonchev–Trinajstić information content (AvgIpc) is 1.79. The summed E-state index contributed by atoms with van der Waals surface area (Å²) in [7, 11) is 0. The fourth-order valence-electron chi connectivity index (χ4n) is 1.03. The molecule has 0 aliphatic heterocycles. The molecular formula is C8H13N. The Morgan fingerprint density at radius 2 is 2.11 bits per heavy atom. The van der Waals surface area contributed by atoms with Gasteiger partial charge in [0.05, 0.1) is 6.04 Å². The molecule has 0 spiro atoms. The van der Waals surface area contributed by atoms with E-state index in [2.05, 4.69) is 11.8 Å². The third-order valence-corrected chi connectivity index (χ3v) is 1.60. The van der Waals surface area contributed by atoms with E-state index >= 15 is 0 Å². The third kappa shape index (κ3) is 2.53. The first-order chi connectivity index (χ1) is 4.39. The lowest BCUT2D eigenvalue weighted by Crippen LogP contribution is -2.17. The van der Waals surface area contributed by atoms with Crippen LogP contribution in [0.4, 0.5) is 0 Å². The van der Waals surface area contributed by atoms with Crippen molar-refractivity contribution in [2.75, 3.05) is 0 Å². The van der Waals surface area contributed by atoms with E-state index in [1.807, 2.05) is 0 Å². The third-order valence-electron chi connectivity index (χ3n) is 1.60. The van der Waals surface area contributed by atoms with Crippen LogP contribution in [0.15, 0.2) is 0 Å². The van der Waals surface area contributed by atoms with Crippen LogP contribution in [-0.4, -0.2) is 6.04 Å². The van der Waals surface area contributed by atoms with Crippen molar-refractivity contribution in [3.05, 3.63) is 0 Å². The van der Waals surface area contributed by atoms with Crippen LogP contribution in [0, 0.1) is 11.8 Å². The predicted octanol–water partition coefficient (Wildman–Crippen LogP) is 1.28. The summed E-state index contributed by atoms with van der Waals surface area (Å²) in [5, 5.41) is 0. The van der Waals surface area contributed by atoms with Gasteiger partial charge in [-0.05, 0) is 12.8 Å². The fraction of sp³-hybridized carbons (Fsp3) is 0.750. The Morgan fingerprint density at radius 3 is 3.00 bits per heavy atom. The Hall–Kier alpha value is -0.480. The van der Waals surface area contributed by atoms with Crippen molar-refractivity contribution >= 4 is 0 Å². The van der Waals surface area contributed by atoms with Gasteiger partial charge in [0.25, 0.3) is 0 Å². The van der Waals surface area contributed by atoms with Crippen LogP contribution in [0.2, 0.25) is 0 Å². The lowest BCUT2D eigenvalue weighted by Gasteiger charge is -2.05. The van der Waals surface area contributed by atoms with Crippen molar-refractivity contribution in [2.24, 2.45) is 5.73 Å². The molecule has 1 aliphatic carbocycles. The highest BCUT2D eigenvalue weighted by Gasteiger charge is 1.98. The molecule has 0 saturated heterocycles. The van der Waals surface area contributed by atoms with E-state index in [-0.39, 0.29) is 6.04 Å². The highest BCUT2D eigenvalue weighted by Crippen LogP contribution is 2.06. The second-order valence-electron chi connectivity index (χ2n) is 2.53. The van der Waals surface area contributed by atoms with Gasteiger partial charge in [0, 0.05) is 6.42 Å². The van der Waals surface area contributed by atoms with E-state index in [0.717, 1.165) is 12.8 Å². The zero-order chi connectivity index (χ0) is 6.53. The molecule has 1 rings (SSSR count). The van der Waals surface area contributed by atoms with Crippen molar-refractivity contribution in [1.29, 1.82) is 0 Å². The first-order valence-electron chi connectivity index (χ1n) is 3.63. The van der Waals surface area contributed by atoms with Crippen molar-refractivity contribution < 1.29 is 0 Å². The summed E-state index contributed by atoms with van der Waals surface area (Å²) in [4.78, 5) is 0. The second-order valence-corrected chi connectivity index (χ2v) is 2.53. The van der Waals surface area contributed by atoms with Gasteiger partial charge in [0.1, 0.15) is 0 Å². The second kappa shape index (κ2) is 3.53. The van der Waals surface area contributed by atoms with Crippen LogP contribution in [0.3, 0.4) is 0 Å². The molecule has 1 nitrogen and oxygen atoms in total. The molecule has 0 bridgehead atoms. The molecule has 0 heterocycles. The Bertz CT molecular complexity index is 129. The van der Waals surface area contributed by atoms with Crippen LogP contribution in [-0.2, 0) is 0 Å². The zero-order valence-corrected chi connectivity index (χ0v) is 5.69. The molecule has 1 unspecified atom stereocenters. The number of rotatable bonds is 0. The lowest BCUT2D eigenvalue weighted by molar-refractivity contribution is 0.610. The molecule has 50 valence electrons. The van der Waals surface area contributed by atoms with Crippen LogP contribution < -0.4 is 5.73 Å². The van der Waals surface area contributed by atoms with Gasteiger partial charge >= 0.3 is 0 Å². The maximum absolute atomic E-state index is 5.63. The van der Waals surface area contributed by atoms with Crippen LogP contribution in [0.25, 0.3) is 0 Å². The molecule has 0 aromatic heterocycles. The predicted molar refractivity (Wildman–Crippen MR) is 38.8 cm³/mol. The molecule has 9 heavy (non-hydrogen) atoms. The maximum atomic E-state index is 5.63. The maximum Gasteiger partial charge on any atom is 0.0664 e. The van der Waals surface area contributed by atoms with E-state index < -0.39 is 0 Å². The molecule has 0 amide bonds. The molecule has 0 fully saturated rings. The van der Waals surface area contributed by atoms with Gasteiger partial charge in [-0.15, -0.1) is 5.92 Å². The first kappa shape index (κ1) is 6.64. The normalized spacial score (nSPS) is 27.4. The highest BCUT2D eigenvalue weighted by molar-refractivity contribution is 5.07. The molecule has 1 atom stereocenters. The first-order valence-corrected chi connectivity index (χ1v) is 3.63.